The topological polar surface area (TPSA) is 135 Å². The van der Waals surface area contributed by atoms with Gasteiger partial charge < -0.3 is 19.8 Å². The molecule has 10 heteroatoms. The van der Waals surface area contributed by atoms with Crippen molar-refractivity contribution in [3.8, 4) is 0 Å². The molecule has 0 bridgehead atoms. The fourth-order valence-electron chi connectivity index (χ4n) is 1.26. The van der Waals surface area contributed by atoms with Crippen LogP contribution in [-0.4, -0.2) is 24.9 Å². The van der Waals surface area contributed by atoms with E-state index in [-0.39, 0.29) is 64.7 Å². The predicted octanol–water partition coefficient (Wildman–Crippen LogP) is -8.02. The number of aromatic carboxylic acids is 2. The predicted molar refractivity (Wildman–Crippen MR) is 49.7 cm³/mol. The summed E-state index contributed by atoms with van der Waals surface area (Å²) in [6.45, 7) is 1.16. The number of hydrogen-bond acceptors (Lipinski definition) is 6. The number of rotatable bonds is 3. The minimum atomic E-state index is -4.71. The van der Waals surface area contributed by atoms with Crippen molar-refractivity contribution >= 4 is 22.1 Å². The van der Waals surface area contributed by atoms with Crippen LogP contribution in [0.3, 0.4) is 0 Å². The third kappa shape index (κ3) is 5.16. The van der Waals surface area contributed by atoms with E-state index in [4.69, 9.17) is 4.55 Å². The van der Waals surface area contributed by atoms with Crippen molar-refractivity contribution in [1.82, 2.24) is 0 Å². The molecule has 1 aromatic rings. The Hall–Kier alpha value is 0.0700. The van der Waals surface area contributed by atoms with E-state index in [2.05, 4.69) is 0 Å². The maximum Gasteiger partial charge on any atom is 1.00 e. The van der Waals surface area contributed by atoms with Gasteiger partial charge >= 0.3 is 59.1 Å². The van der Waals surface area contributed by atoms with Gasteiger partial charge in [-0.2, -0.15) is 8.42 Å². The normalized spacial score (nSPS) is 10.0. The molecule has 0 aliphatic heterocycles. The Morgan fingerprint density at radius 2 is 1.37 bits per heavy atom. The fraction of sp³-hybridized carbons (Fsp3) is 0.111. The molecule has 0 saturated carbocycles. The number of carbonyl (C=O) groups is 2. The van der Waals surface area contributed by atoms with Crippen molar-refractivity contribution in [3.05, 3.63) is 28.8 Å². The largest absolute Gasteiger partial charge is 1.00 e. The second-order valence-corrected chi connectivity index (χ2v) is 4.61. The van der Waals surface area contributed by atoms with Crippen molar-refractivity contribution in [1.29, 1.82) is 0 Å². The van der Waals surface area contributed by atoms with Crippen LogP contribution in [0.25, 0.3) is 0 Å². The van der Waals surface area contributed by atoms with E-state index in [1.807, 2.05) is 0 Å². The summed E-state index contributed by atoms with van der Waals surface area (Å²) in [6.07, 6.45) is 0. The van der Waals surface area contributed by atoms with Crippen molar-refractivity contribution in [3.63, 3.8) is 0 Å². The first-order valence-corrected chi connectivity index (χ1v) is 5.63. The minimum absolute atomic E-state index is 0. The van der Waals surface area contributed by atoms with Crippen LogP contribution in [0, 0.1) is 6.92 Å². The van der Waals surface area contributed by atoms with E-state index in [1.54, 1.807) is 0 Å². The smallest absolute Gasteiger partial charge is 0.545 e. The van der Waals surface area contributed by atoms with E-state index >= 15 is 0 Å². The summed E-state index contributed by atoms with van der Waals surface area (Å²) < 4.78 is 30.4. The van der Waals surface area contributed by atoms with Crippen LogP contribution in [0.1, 0.15) is 26.3 Å². The van der Waals surface area contributed by atoms with Crippen LogP contribution in [0.5, 0.6) is 0 Å². The Morgan fingerprint density at radius 3 is 1.58 bits per heavy atom. The zero-order valence-corrected chi connectivity index (χ0v) is 15.3. The van der Waals surface area contributed by atoms with Crippen molar-refractivity contribution in [2.24, 2.45) is 0 Å². The molecule has 7 nitrogen and oxygen atoms in total. The van der Waals surface area contributed by atoms with Gasteiger partial charge in [-0.25, -0.2) is 0 Å². The second kappa shape index (κ2) is 7.75. The summed E-state index contributed by atoms with van der Waals surface area (Å²) in [6, 6.07) is 1.24. The van der Waals surface area contributed by atoms with E-state index in [0.29, 0.717) is 12.1 Å². The first kappa shape index (κ1) is 21.4. The Kier molecular flexibility index (Phi) is 8.71. The number of benzene rings is 1. The Labute approximate surface area is 153 Å². The number of hydrogen-bond donors (Lipinski definition) is 1. The molecule has 92 valence electrons. The SMILES string of the molecule is Cc1c(C(=O)[O-])cc(S(=O)(=O)O)cc1C(=O)[O-].[Na+].[Na+]. The Morgan fingerprint density at radius 1 is 1.05 bits per heavy atom. The summed E-state index contributed by atoms with van der Waals surface area (Å²) in [4.78, 5) is 20.5. The summed E-state index contributed by atoms with van der Waals surface area (Å²) in [5, 5.41) is 21.3. The van der Waals surface area contributed by atoms with Gasteiger partial charge in [0.1, 0.15) is 0 Å². The van der Waals surface area contributed by atoms with Gasteiger partial charge in [-0.15, -0.1) is 0 Å². The van der Waals surface area contributed by atoms with Gasteiger partial charge in [0.2, 0.25) is 0 Å². The van der Waals surface area contributed by atoms with Gasteiger partial charge in [0.05, 0.1) is 16.8 Å². The van der Waals surface area contributed by atoms with Crippen LogP contribution < -0.4 is 69.3 Å². The Bertz CT molecular complexity index is 574. The van der Waals surface area contributed by atoms with Crippen molar-refractivity contribution in [2.45, 2.75) is 11.8 Å². The molecule has 0 heterocycles. The van der Waals surface area contributed by atoms with Gasteiger partial charge in [0.25, 0.3) is 10.1 Å². The molecule has 0 atom stereocenters. The Balaban J connectivity index is 0. The molecule has 1 rings (SSSR count). The van der Waals surface area contributed by atoms with Gasteiger partial charge in [-0.05, 0) is 24.6 Å². The van der Waals surface area contributed by atoms with Gasteiger partial charge in [-0.3, -0.25) is 4.55 Å². The first-order chi connectivity index (χ1) is 7.64. The summed E-state index contributed by atoms with van der Waals surface area (Å²) >= 11 is 0. The average Bonchev–Trinajstić information content (AvgIpc) is 2.14. The molecule has 19 heavy (non-hydrogen) atoms. The molecule has 0 unspecified atom stereocenters. The van der Waals surface area contributed by atoms with Crippen molar-refractivity contribution < 1.29 is 91.9 Å². The van der Waals surface area contributed by atoms with Gasteiger partial charge in [0.15, 0.2) is 0 Å². The van der Waals surface area contributed by atoms with Gasteiger partial charge in [0, 0.05) is 11.1 Å². The fourth-order valence-corrected chi connectivity index (χ4v) is 1.79. The molecule has 0 fully saturated rings. The molecule has 0 amide bonds. The molecule has 0 spiro atoms. The average molecular weight is 304 g/mol. The summed E-state index contributed by atoms with van der Waals surface area (Å²) in [5.41, 5.74) is -1.49. The molecular weight excluding hydrogens is 298 g/mol. The number of carboxylic acid groups (broad SMARTS) is 2. The molecular formula is C9H6Na2O7S. The van der Waals surface area contributed by atoms with E-state index in [9.17, 15) is 28.2 Å². The minimum Gasteiger partial charge on any atom is -0.545 e. The van der Waals surface area contributed by atoms with Crippen LogP contribution in [0.4, 0.5) is 0 Å². The third-order valence-electron chi connectivity index (χ3n) is 2.12. The molecule has 0 aliphatic rings. The number of carbonyl (C=O) groups excluding carboxylic acids is 2. The zero-order chi connectivity index (χ0) is 13.4. The third-order valence-corrected chi connectivity index (χ3v) is 2.95. The van der Waals surface area contributed by atoms with Crippen molar-refractivity contribution in [2.75, 3.05) is 0 Å². The summed E-state index contributed by atoms with van der Waals surface area (Å²) in [5.74, 6) is -3.51. The quantitative estimate of drug-likeness (QED) is 0.433. The second-order valence-electron chi connectivity index (χ2n) is 3.19. The zero-order valence-electron chi connectivity index (χ0n) is 10.5. The van der Waals surface area contributed by atoms with Crippen LogP contribution in [0.15, 0.2) is 17.0 Å². The molecule has 1 N–H and O–H groups in total. The van der Waals surface area contributed by atoms with Crippen LogP contribution in [-0.2, 0) is 10.1 Å². The molecule has 0 radical (unpaired) electrons. The monoisotopic (exact) mass is 304 g/mol. The maximum atomic E-state index is 10.8. The summed E-state index contributed by atoms with van der Waals surface area (Å²) in [7, 11) is -4.71. The molecule has 1 aromatic carbocycles. The molecule has 0 saturated heterocycles. The number of carboxylic acids is 2. The van der Waals surface area contributed by atoms with E-state index in [0.717, 1.165) is 6.92 Å². The van der Waals surface area contributed by atoms with E-state index < -0.39 is 38.1 Å². The molecule has 0 aliphatic carbocycles. The van der Waals surface area contributed by atoms with E-state index in [1.165, 1.54) is 0 Å². The van der Waals surface area contributed by atoms with Gasteiger partial charge in [-0.1, -0.05) is 0 Å². The first-order valence-electron chi connectivity index (χ1n) is 4.19. The maximum absolute atomic E-state index is 10.8. The molecule has 0 aromatic heterocycles. The van der Waals surface area contributed by atoms with Crippen LogP contribution in [0.2, 0.25) is 0 Å². The van der Waals surface area contributed by atoms with Crippen LogP contribution >= 0.6 is 0 Å². The standard InChI is InChI=1S/C9H8O7S.2Na/c1-4-6(8(10)11)2-5(17(14,15)16)3-7(4)9(12)13;;/h2-3H,1H3,(H,10,11)(H,12,13)(H,14,15,16);;/q;2*+1/p-2.